The molecule has 0 amide bonds. The number of aromatic amines is 1. The van der Waals surface area contributed by atoms with Gasteiger partial charge in [-0.2, -0.15) is 0 Å². The maximum Gasteiger partial charge on any atom is 0.225 e. The number of rotatable bonds is 3. The number of aliphatic hydroxyl groups excluding tert-OH is 4. The van der Waals surface area contributed by atoms with Crippen molar-refractivity contribution < 1.29 is 29.9 Å². The minimum atomic E-state index is -1.61. The third kappa shape index (κ3) is 2.90. The van der Waals surface area contributed by atoms with E-state index < -0.39 is 36.8 Å². The van der Waals surface area contributed by atoms with Crippen molar-refractivity contribution in [3.63, 3.8) is 0 Å². The average Bonchev–Trinajstić information content (AvgIpc) is 3.30. The Labute approximate surface area is 167 Å². The number of ether oxygens (including phenoxy) is 2. The molecule has 7 heteroatoms. The SMILES string of the molecule is OC[C@H]1O[C@]2(OCc3ccc(Cc4cc5ccccc5[nH]4)cc32)[C@H](O)[C@@H](O)[C@@H]1O. The smallest absolute Gasteiger partial charge is 0.225 e. The lowest BCUT2D eigenvalue weighted by molar-refractivity contribution is -0.368. The fourth-order valence-corrected chi connectivity index (χ4v) is 4.38. The summed E-state index contributed by atoms with van der Waals surface area (Å²) >= 11 is 0. The van der Waals surface area contributed by atoms with Crippen molar-refractivity contribution in [3.8, 4) is 0 Å². The highest BCUT2D eigenvalue weighted by molar-refractivity contribution is 5.80. The van der Waals surface area contributed by atoms with Crippen molar-refractivity contribution in [2.24, 2.45) is 0 Å². The predicted molar refractivity (Wildman–Crippen MR) is 104 cm³/mol. The number of hydrogen-bond acceptors (Lipinski definition) is 6. The van der Waals surface area contributed by atoms with E-state index in [0.29, 0.717) is 12.0 Å². The summed E-state index contributed by atoms with van der Waals surface area (Å²) in [5.74, 6) is -1.61. The molecule has 7 nitrogen and oxygen atoms in total. The lowest BCUT2D eigenvalue weighted by Gasteiger charge is -2.46. The van der Waals surface area contributed by atoms with Gasteiger partial charge in [-0.3, -0.25) is 0 Å². The minimum absolute atomic E-state index is 0.208. The van der Waals surface area contributed by atoms with Crippen molar-refractivity contribution in [3.05, 3.63) is 70.9 Å². The molecule has 0 aliphatic carbocycles. The Balaban J connectivity index is 1.50. The second-order valence-electron chi connectivity index (χ2n) is 7.77. The summed E-state index contributed by atoms with van der Waals surface area (Å²) in [7, 11) is 0. The largest absolute Gasteiger partial charge is 0.394 e. The number of aliphatic hydroxyl groups is 4. The lowest BCUT2D eigenvalue weighted by Crippen LogP contribution is -2.63. The molecule has 152 valence electrons. The Hall–Kier alpha value is -2.26. The molecule has 2 aliphatic rings. The molecule has 2 aromatic carbocycles. The molecule has 29 heavy (non-hydrogen) atoms. The van der Waals surface area contributed by atoms with Crippen molar-refractivity contribution in [2.45, 2.75) is 43.2 Å². The molecule has 1 fully saturated rings. The zero-order valence-electron chi connectivity index (χ0n) is 15.7. The lowest BCUT2D eigenvalue weighted by atomic mass is 9.86. The molecular formula is C22H23NO6. The number of fused-ring (bicyclic) bond motifs is 3. The molecule has 1 saturated heterocycles. The van der Waals surface area contributed by atoms with Crippen molar-refractivity contribution in [2.75, 3.05) is 6.61 Å². The highest BCUT2D eigenvalue weighted by Gasteiger charge is 2.58. The van der Waals surface area contributed by atoms with Crippen LogP contribution in [-0.4, -0.2) is 56.4 Å². The third-order valence-electron chi connectivity index (χ3n) is 5.92. The fraction of sp³-hybridized carbons (Fsp3) is 0.364. The molecule has 0 unspecified atom stereocenters. The maximum absolute atomic E-state index is 10.7. The Morgan fingerprint density at radius 1 is 1.03 bits per heavy atom. The molecular weight excluding hydrogens is 374 g/mol. The zero-order chi connectivity index (χ0) is 20.2. The number of H-pyrrole nitrogens is 1. The van der Waals surface area contributed by atoms with Crippen LogP contribution in [0.4, 0.5) is 0 Å². The molecule has 3 aromatic rings. The van der Waals surface area contributed by atoms with Gasteiger partial charge in [0, 0.05) is 23.2 Å². The number of para-hydroxylation sites is 1. The highest BCUT2D eigenvalue weighted by Crippen LogP contribution is 2.46. The first kappa shape index (κ1) is 18.7. The van der Waals surface area contributed by atoms with Gasteiger partial charge in [-0.05, 0) is 34.7 Å². The van der Waals surface area contributed by atoms with Crippen LogP contribution in [-0.2, 0) is 28.3 Å². The van der Waals surface area contributed by atoms with Gasteiger partial charge in [-0.25, -0.2) is 0 Å². The van der Waals surface area contributed by atoms with Gasteiger partial charge < -0.3 is 34.9 Å². The van der Waals surface area contributed by atoms with Gasteiger partial charge >= 0.3 is 0 Å². The molecule has 1 aromatic heterocycles. The van der Waals surface area contributed by atoms with E-state index in [1.807, 2.05) is 36.4 Å². The molecule has 5 rings (SSSR count). The number of hydrogen-bond donors (Lipinski definition) is 5. The van der Waals surface area contributed by atoms with E-state index in [1.165, 1.54) is 0 Å². The Morgan fingerprint density at radius 3 is 2.66 bits per heavy atom. The topological polar surface area (TPSA) is 115 Å². The summed E-state index contributed by atoms with van der Waals surface area (Å²) in [6, 6.07) is 16.0. The number of benzene rings is 2. The van der Waals surface area contributed by atoms with Crippen molar-refractivity contribution in [1.29, 1.82) is 0 Å². The summed E-state index contributed by atoms with van der Waals surface area (Å²) in [4.78, 5) is 3.40. The fourth-order valence-electron chi connectivity index (χ4n) is 4.38. The molecule has 2 aliphatic heterocycles. The van der Waals surface area contributed by atoms with Crippen LogP contribution in [0.3, 0.4) is 0 Å². The molecule has 5 atom stereocenters. The van der Waals surface area contributed by atoms with Crippen LogP contribution >= 0.6 is 0 Å². The van der Waals surface area contributed by atoms with E-state index in [2.05, 4.69) is 17.1 Å². The van der Waals surface area contributed by atoms with E-state index in [9.17, 15) is 20.4 Å². The zero-order valence-corrected chi connectivity index (χ0v) is 15.7. The molecule has 5 N–H and O–H groups in total. The van der Waals surface area contributed by atoms with Crippen LogP contribution in [0.5, 0.6) is 0 Å². The van der Waals surface area contributed by atoms with Gasteiger partial charge in [0.2, 0.25) is 5.79 Å². The number of aromatic nitrogens is 1. The molecule has 0 radical (unpaired) electrons. The van der Waals surface area contributed by atoms with Gasteiger partial charge in [0.15, 0.2) is 0 Å². The first-order chi connectivity index (χ1) is 14.0. The molecule has 0 bridgehead atoms. The first-order valence-corrected chi connectivity index (χ1v) is 9.67. The van der Waals surface area contributed by atoms with Crippen LogP contribution in [0.15, 0.2) is 48.5 Å². The van der Waals surface area contributed by atoms with Gasteiger partial charge in [-0.15, -0.1) is 0 Å². The van der Waals surface area contributed by atoms with Gasteiger partial charge in [0.25, 0.3) is 0 Å². The highest BCUT2D eigenvalue weighted by atomic mass is 16.7. The second-order valence-corrected chi connectivity index (χ2v) is 7.77. The standard InChI is InChI=1S/C22H23NO6/c24-10-18-19(25)20(26)21(27)22(29-18)16-8-12(5-6-14(16)11-28-22)7-15-9-13-3-1-2-4-17(13)23-15/h1-6,8-9,18-21,23-27H,7,10-11H2/t18-,19-,20+,21-,22+/m1/s1. The predicted octanol–water partition coefficient (Wildman–Crippen LogP) is 0.915. The van der Waals surface area contributed by atoms with Gasteiger partial charge in [0.05, 0.1) is 13.2 Å². The van der Waals surface area contributed by atoms with Crippen molar-refractivity contribution >= 4 is 10.9 Å². The quantitative estimate of drug-likeness (QED) is 0.449. The third-order valence-corrected chi connectivity index (χ3v) is 5.92. The summed E-state index contributed by atoms with van der Waals surface area (Å²) in [5, 5.41) is 41.7. The van der Waals surface area contributed by atoms with Gasteiger partial charge in [-0.1, -0.05) is 30.3 Å². The van der Waals surface area contributed by atoms with E-state index in [0.717, 1.165) is 27.7 Å². The molecule has 3 heterocycles. The van der Waals surface area contributed by atoms with Crippen LogP contribution in [0.1, 0.15) is 22.4 Å². The van der Waals surface area contributed by atoms with Crippen LogP contribution in [0, 0.1) is 0 Å². The summed E-state index contributed by atoms with van der Waals surface area (Å²) in [6.45, 7) is -0.291. The Bertz CT molecular complexity index is 1010. The van der Waals surface area contributed by atoms with Crippen molar-refractivity contribution in [1.82, 2.24) is 4.98 Å². The molecule has 1 spiro atoms. The minimum Gasteiger partial charge on any atom is -0.394 e. The Morgan fingerprint density at radius 2 is 1.86 bits per heavy atom. The van der Waals surface area contributed by atoms with E-state index >= 15 is 0 Å². The van der Waals surface area contributed by atoms with Crippen LogP contribution in [0.25, 0.3) is 10.9 Å². The normalized spacial score (nSPS) is 31.4. The summed E-state index contributed by atoms with van der Waals surface area (Å²) in [6.07, 6.45) is -4.79. The number of nitrogens with one attached hydrogen (secondary N) is 1. The van der Waals surface area contributed by atoms with E-state index in [1.54, 1.807) is 0 Å². The van der Waals surface area contributed by atoms with Crippen LogP contribution in [0.2, 0.25) is 0 Å². The summed E-state index contributed by atoms with van der Waals surface area (Å²) in [5.41, 5.74) is 4.55. The summed E-state index contributed by atoms with van der Waals surface area (Å²) < 4.78 is 11.6. The Kier molecular flexibility index (Phi) is 4.47. The maximum atomic E-state index is 10.7. The van der Waals surface area contributed by atoms with Gasteiger partial charge in [0.1, 0.15) is 24.4 Å². The van der Waals surface area contributed by atoms with E-state index in [4.69, 9.17) is 9.47 Å². The average molecular weight is 397 g/mol. The monoisotopic (exact) mass is 397 g/mol. The molecule has 0 saturated carbocycles. The van der Waals surface area contributed by atoms with E-state index in [-0.39, 0.29) is 6.61 Å². The second kappa shape index (κ2) is 6.91. The first-order valence-electron chi connectivity index (χ1n) is 9.67. The van der Waals surface area contributed by atoms with Crippen LogP contribution < -0.4 is 0 Å².